The minimum absolute atomic E-state index is 0.0140. The Hall–Kier alpha value is -5.24. The number of benzene rings is 4. The molecule has 0 radical (unpaired) electrons. The molecule has 3 atom stereocenters. The number of anilines is 1. The number of nitrogens with zero attached hydrogens (tertiary/aromatic N) is 1. The minimum Gasteiger partial charge on any atom is -0.482 e. The van der Waals surface area contributed by atoms with E-state index in [1.807, 2.05) is 79.7 Å². The van der Waals surface area contributed by atoms with Gasteiger partial charge in [0.15, 0.2) is 18.1 Å². The van der Waals surface area contributed by atoms with Gasteiger partial charge in [0.2, 0.25) is 18.5 Å². The zero-order valence-electron chi connectivity index (χ0n) is 30.2. The van der Waals surface area contributed by atoms with E-state index >= 15 is 4.79 Å². The quantitative estimate of drug-likeness (QED) is 0.144. The van der Waals surface area contributed by atoms with Gasteiger partial charge in [0.05, 0.1) is 25.0 Å². The molecule has 3 aliphatic rings. The molecule has 2 saturated heterocycles. The summed E-state index contributed by atoms with van der Waals surface area (Å²) >= 11 is 1.30. The highest BCUT2D eigenvalue weighted by Gasteiger charge is 2.48. The van der Waals surface area contributed by atoms with Gasteiger partial charge in [-0.1, -0.05) is 74.0 Å². The van der Waals surface area contributed by atoms with Gasteiger partial charge >= 0.3 is 12.1 Å². The lowest BCUT2D eigenvalue weighted by Gasteiger charge is -2.44. The first kappa shape index (κ1) is 37.1. The highest BCUT2D eigenvalue weighted by atomic mass is 32.2. The molecule has 7 rings (SSSR count). The third-order valence-electron chi connectivity index (χ3n) is 9.47. The van der Waals surface area contributed by atoms with Crippen molar-refractivity contribution in [2.24, 2.45) is 5.41 Å². The van der Waals surface area contributed by atoms with E-state index in [0.29, 0.717) is 41.6 Å². The Morgan fingerprint density at radius 3 is 2.33 bits per heavy atom. The Labute approximate surface area is 317 Å². The topological polar surface area (TPSA) is 142 Å². The van der Waals surface area contributed by atoms with Crippen molar-refractivity contribution >= 4 is 35.4 Å². The summed E-state index contributed by atoms with van der Waals surface area (Å²) < 4.78 is 35.5. The van der Waals surface area contributed by atoms with Crippen molar-refractivity contribution in [3.05, 3.63) is 119 Å². The van der Waals surface area contributed by atoms with Crippen LogP contribution >= 0.6 is 11.8 Å². The van der Waals surface area contributed by atoms with Crippen LogP contribution in [0.4, 0.5) is 10.5 Å². The van der Waals surface area contributed by atoms with Crippen molar-refractivity contribution in [3.8, 4) is 17.2 Å². The second-order valence-corrected chi connectivity index (χ2v) is 15.4. The van der Waals surface area contributed by atoms with E-state index < -0.39 is 47.7 Å². The van der Waals surface area contributed by atoms with Gasteiger partial charge in [0.25, 0.3) is 0 Å². The van der Waals surface area contributed by atoms with Crippen LogP contribution in [0.3, 0.4) is 0 Å². The number of carboxylic acid groups (broad SMARTS) is 1. The number of hydrogen-bond donors (Lipinski definition) is 2. The van der Waals surface area contributed by atoms with E-state index in [2.05, 4.69) is 19.2 Å². The number of carboxylic acids is 1. The first-order chi connectivity index (χ1) is 26.0. The van der Waals surface area contributed by atoms with Crippen molar-refractivity contribution in [2.75, 3.05) is 44.3 Å². The molecule has 0 spiro atoms. The molecule has 13 heteroatoms. The number of cyclic esters (lactones) is 1. The number of carbonyl (C=O) groups excluding carboxylic acids is 2. The van der Waals surface area contributed by atoms with E-state index in [-0.39, 0.29) is 24.6 Å². The molecule has 4 aromatic rings. The fraction of sp³-hybridized carbons (Fsp3) is 0.341. The molecule has 0 unspecified atom stereocenters. The molecule has 54 heavy (non-hydrogen) atoms. The second-order valence-electron chi connectivity index (χ2n) is 14.2. The highest BCUT2D eigenvalue weighted by Crippen LogP contribution is 2.45. The summed E-state index contributed by atoms with van der Waals surface area (Å²) in [5.74, 6) is -1.16. The normalized spacial score (nSPS) is 19.4. The zero-order chi connectivity index (χ0) is 37.9. The summed E-state index contributed by atoms with van der Waals surface area (Å²) in [6.07, 6.45) is -0.733. The Morgan fingerprint density at radius 1 is 0.926 bits per heavy atom. The van der Waals surface area contributed by atoms with Gasteiger partial charge in [-0.25, -0.2) is 14.5 Å². The van der Waals surface area contributed by atoms with Crippen LogP contribution in [0.1, 0.15) is 48.2 Å². The third-order valence-corrected chi connectivity index (χ3v) is 10.9. The average molecular weight is 755 g/mol. The van der Waals surface area contributed by atoms with Crippen molar-refractivity contribution in [1.82, 2.24) is 4.90 Å². The van der Waals surface area contributed by atoms with Crippen molar-refractivity contribution in [2.45, 2.75) is 43.9 Å². The van der Waals surface area contributed by atoms with Crippen molar-refractivity contribution in [1.29, 1.82) is 0 Å². The van der Waals surface area contributed by atoms with Crippen molar-refractivity contribution < 1.29 is 47.9 Å². The Morgan fingerprint density at radius 2 is 1.63 bits per heavy atom. The van der Waals surface area contributed by atoms with Gasteiger partial charge in [-0.15, -0.1) is 11.8 Å². The second kappa shape index (κ2) is 15.6. The molecule has 2 fully saturated rings. The molecule has 2 N–H and O–H groups in total. The van der Waals surface area contributed by atoms with Gasteiger partial charge in [-0.3, -0.25) is 4.79 Å². The van der Waals surface area contributed by atoms with Gasteiger partial charge in [-0.2, -0.15) is 0 Å². The standard InChI is InChI=1S/C41H42N2O10S/c1-26-9-14-30(15-10-26)42-36(28-11-16-31(17-12-28)48-21-35(44)45)37(38(46)43-32(20-49-39(43)47)27-7-5-4-6-8-27)54-24-41(52-22-40(2,3)23-53-41)29-13-18-33-34(19-29)51-25-50-33/h4-19,32,36-37,42H,20-25H2,1-3H3,(H,44,45)/t32-,36-,37-/m1/s1. The Balaban J connectivity index is 1.30. The number of nitrogens with one attached hydrogen (secondary N) is 1. The number of amides is 2. The summed E-state index contributed by atoms with van der Waals surface area (Å²) in [7, 11) is 0. The number of fused-ring (bicyclic) bond motifs is 1. The lowest BCUT2D eigenvalue weighted by Crippen LogP contribution is -2.49. The Kier molecular flexibility index (Phi) is 10.7. The number of ether oxygens (including phenoxy) is 6. The summed E-state index contributed by atoms with van der Waals surface area (Å²) in [6, 6.07) is 28.2. The summed E-state index contributed by atoms with van der Waals surface area (Å²) in [6.45, 7) is 6.50. The van der Waals surface area contributed by atoms with Gasteiger partial charge in [-0.05, 0) is 60.5 Å². The van der Waals surface area contributed by atoms with E-state index in [0.717, 1.165) is 16.8 Å². The van der Waals surface area contributed by atoms with Crippen LogP contribution in [0.15, 0.2) is 97.1 Å². The van der Waals surface area contributed by atoms with Crippen LogP contribution in [-0.2, 0) is 29.6 Å². The average Bonchev–Trinajstić information content (AvgIpc) is 3.82. The molecule has 0 saturated carbocycles. The van der Waals surface area contributed by atoms with E-state index in [4.69, 9.17) is 33.5 Å². The predicted molar refractivity (Wildman–Crippen MR) is 201 cm³/mol. The zero-order valence-corrected chi connectivity index (χ0v) is 31.0. The van der Waals surface area contributed by atoms with E-state index in [9.17, 15) is 9.59 Å². The maximum absolute atomic E-state index is 15.2. The number of aliphatic carboxylic acids is 1. The molecule has 0 bridgehead atoms. The minimum atomic E-state index is -1.28. The molecular weight excluding hydrogens is 713 g/mol. The molecule has 282 valence electrons. The van der Waals surface area contributed by atoms with Crippen LogP contribution in [0, 0.1) is 12.3 Å². The Bertz CT molecular complexity index is 1960. The summed E-state index contributed by atoms with van der Waals surface area (Å²) in [5, 5.41) is 11.8. The fourth-order valence-corrected chi connectivity index (χ4v) is 7.89. The smallest absolute Gasteiger partial charge is 0.417 e. The summed E-state index contributed by atoms with van der Waals surface area (Å²) in [5.41, 5.74) is 3.70. The monoisotopic (exact) mass is 754 g/mol. The third kappa shape index (κ3) is 8.13. The van der Waals surface area contributed by atoms with Gasteiger partial charge < -0.3 is 38.8 Å². The van der Waals surface area contributed by atoms with Gasteiger partial charge in [0, 0.05) is 16.7 Å². The predicted octanol–water partition coefficient (Wildman–Crippen LogP) is 7.09. The molecule has 12 nitrogen and oxygen atoms in total. The number of hydrogen-bond acceptors (Lipinski definition) is 11. The number of aryl methyl sites for hydroxylation is 1. The van der Waals surface area contributed by atoms with Crippen LogP contribution in [-0.4, -0.2) is 72.2 Å². The maximum atomic E-state index is 15.2. The largest absolute Gasteiger partial charge is 0.482 e. The van der Waals surface area contributed by atoms with Crippen LogP contribution in [0.25, 0.3) is 0 Å². The molecule has 4 aromatic carbocycles. The SMILES string of the molecule is Cc1ccc(N[C@H](c2ccc(OCC(=O)O)cc2)[C@@H](SCC2(c3ccc4c(c3)OCO4)OCC(C)(C)CO2)C(=O)N2C(=O)OC[C@@H]2c2ccccc2)cc1. The lowest BCUT2D eigenvalue weighted by molar-refractivity contribution is -0.295. The molecule has 3 heterocycles. The fourth-order valence-electron chi connectivity index (χ4n) is 6.49. The van der Waals surface area contributed by atoms with Crippen molar-refractivity contribution in [3.63, 3.8) is 0 Å². The molecule has 0 aromatic heterocycles. The number of rotatable bonds is 13. The number of thioether (sulfide) groups is 1. The molecule has 2 amide bonds. The van der Waals surface area contributed by atoms with E-state index in [1.165, 1.54) is 16.7 Å². The summed E-state index contributed by atoms with van der Waals surface area (Å²) in [4.78, 5) is 41.1. The van der Waals surface area contributed by atoms with E-state index in [1.54, 1.807) is 24.3 Å². The molecule has 0 aliphatic carbocycles. The maximum Gasteiger partial charge on any atom is 0.417 e. The van der Waals surface area contributed by atoms with Gasteiger partial charge in [0.1, 0.15) is 23.6 Å². The number of imide groups is 1. The molecule has 3 aliphatic heterocycles. The van der Waals surface area contributed by atoms with Crippen LogP contribution < -0.4 is 19.5 Å². The first-order valence-corrected chi connectivity index (χ1v) is 18.7. The van der Waals surface area contributed by atoms with Crippen LogP contribution in [0.5, 0.6) is 17.2 Å². The lowest BCUT2D eigenvalue weighted by atomic mass is 9.93. The highest BCUT2D eigenvalue weighted by molar-refractivity contribution is 8.00. The first-order valence-electron chi connectivity index (χ1n) is 17.6. The molecular formula is C41H42N2O10S. The van der Waals surface area contributed by atoms with Crippen LogP contribution in [0.2, 0.25) is 0 Å². The number of carbonyl (C=O) groups is 3.